The molecule has 0 saturated carbocycles. The molecule has 0 aliphatic carbocycles. The molecule has 1 heterocycles. The standard InChI is InChI=1S/C14H15FN2O2S/c1-9(6-10-2-4-11(15)5-3-10)16-14-17-12(8-20-14)7-13(18)19/h2-5,8-9H,6-7H2,1H3,(H,16,17)(H,18,19). The van der Waals surface area contributed by atoms with Gasteiger partial charge in [0.25, 0.3) is 0 Å². The van der Waals surface area contributed by atoms with E-state index in [1.54, 1.807) is 17.5 Å². The fraction of sp³-hybridized carbons (Fsp3) is 0.286. The number of aromatic nitrogens is 1. The molecule has 0 saturated heterocycles. The Labute approximate surface area is 120 Å². The van der Waals surface area contributed by atoms with Crippen LogP contribution in [0.15, 0.2) is 29.6 Å². The molecule has 0 aliphatic rings. The lowest BCUT2D eigenvalue weighted by atomic mass is 10.1. The zero-order chi connectivity index (χ0) is 14.5. The largest absolute Gasteiger partial charge is 0.481 e. The number of carboxylic acids is 1. The average molecular weight is 294 g/mol. The van der Waals surface area contributed by atoms with Crippen molar-refractivity contribution in [1.82, 2.24) is 4.98 Å². The van der Waals surface area contributed by atoms with Gasteiger partial charge in [0.2, 0.25) is 0 Å². The summed E-state index contributed by atoms with van der Waals surface area (Å²) in [7, 11) is 0. The quantitative estimate of drug-likeness (QED) is 0.860. The van der Waals surface area contributed by atoms with Crippen molar-refractivity contribution in [3.8, 4) is 0 Å². The van der Waals surface area contributed by atoms with Crippen molar-refractivity contribution in [1.29, 1.82) is 0 Å². The van der Waals surface area contributed by atoms with Gasteiger partial charge in [-0.3, -0.25) is 4.79 Å². The van der Waals surface area contributed by atoms with Crippen LogP contribution in [0, 0.1) is 5.82 Å². The minimum absolute atomic E-state index is 0.0650. The number of carboxylic acid groups (broad SMARTS) is 1. The molecule has 4 nitrogen and oxygen atoms in total. The lowest BCUT2D eigenvalue weighted by molar-refractivity contribution is -0.136. The first-order chi connectivity index (χ1) is 9.52. The van der Waals surface area contributed by atoms with Gasteiger partial charge in [0, 0.05) is 11.4 Å². The molecule has 20 heavy (non-hydrogen) atoms. The van der Waals surface area contributed by atoms with Gasteiger partial charge >= 0.3 is 5.97 Å². The number of hydrogen-bond donors (Lipinski definition) is 2. The van der Waals surface area contributed by atoms with Gasteiger partial charge in [-0.15, -0.1) is 11.3 Å². The Morgan fingerprint density at radius 3 is 2.80 bits per heavy atom. The normalized spacial score (nSPS) is 12.1. The summed E-state index contributed by atoms with van der Waals surface area (Å²) in [6.45, 7) is 2.00. The summed E-state index contributed by atoms with van der Waals surface area (Å²) < 4.78 is 12.8. The summed E-state index contributed by atoms with van der Waals surface area (Å²) in [5, 5.41) is 14.3. The second-order valence-electron chi connectivity index (χ2n) is 4.59. The van der Waals surface area contributed by atoms with Crippen molar-refractivity contribution in [2.45, 2.75) is 25.8 Å². The Morgan fingerprint density at radius 2 is 2.15 bits per heavy atom. The van der Waals surface area contributed by atoms with Crippen molar-refractivity contribution in [3.05, 3.63) is 46.7 Å². The Balaban J connectivity index is 1.90. The molecule has 0 bridgehead atoms. The summed E-state index contributed by atoms with van der Waals surface area (Å²) in [6.07, 6.45) is 0.679. The number of thiazole rings is 1. The van der Waals surface area contributed by atoms with E-state index < -0.39 is 5.97 Å². The van der Waals surface area contributed by atoms with E-state index in [4.69, 9.17) is 5.11 Å². The Kier molecular flexibility index (Phi) is 4.68. The summed E-state index contributed by atoms with van der Waals surface area (Å²) >= 11 is 1.39. The molecule has 2 rings (SSSR count). The SMILES string of the molecule is CC(Cc1ccc(F)cc1)Nc1nc(CC(=O)O)cs1. The number of rotatable bonds is 6. The van der Waals surface area contributed by atoms with Crippen molar-refractivity contribution in [3.63, 3.8) is 0 Å². The summed E-state index contributed by atoms with van der Waals surface area (Å²) in [5.74, 6) is -1.13. The van der Waals surface area contributed by atoms with Gasteiger partial charge < -0.3 is 10.4 Å². The number of carbonyl (C=O) groups is 1. The third-order valence-electron chi connectivity index (χ3n) is 2.71. The van der Waals surface area contributed by atoms with Crippen LogP contribution in [0.2, 0.25) is 0 Å². The van der Waals surface area contributed by atoms with Gasteiger partial charge in [-0.2, -0.15) is 0 Å². The van der Waals surface area contributed by atoms with Crippen LogP contribution in [-0.2, 0) is 17.6 Å². The topological polar surface area (TPSA) is 62.2 Å². The highest BCUT2D eigenvalue weighted by Crippen LogP contribution is 2.18. The van der Waals surface area contributed by atoms with Crippen LogP contribution in [0.5, 0.6) is 0 Å². The van der Waals surface area contributed by atoms with E-state index in [-0.39, 0.29) is 18.3 Å². The smallest absolute Gasteiger partial charge is 0.309 e. The number of hydrogen-bond acceptors (Lipinski definition) is 4. The molecule has 1 aromatic carbocycles. The highest BCUT2D eigenvalue weighted by molar-refractivity contribution is 7.13. The first kappa shape index (κ1) is 14.5. The summed E-state index contributed by atoms with van der Waals surface area (Å²) in [4.78, 5) is 14.8. The Hall–Kier alpha value is -1.95. The number of aliphatic carboxylic acids is 1. The van der Waals surface area contributed by atoms with Crippen LogP contribution in [0.3, 0.4) is 0 Å². The second-order valence-corrected chi connectivity index (χ2v) is 5.45. The van der Waals surface area contributed by atoms with E-state index in [1.165, 1.54) is 23.5 Å². The molecule has 106 valence electrons. The fourth-order valence-electron chi connectivity index (χ4n) is 1.85. The highest BCUT2D eigenvalue weighted by atomic mass is 32.1. The van der Waals surface area contributed by atoms with Crippen molar-refractivity contribution < 1.29 is 14.3 Å². The van der Waals surface area contributed by atoms with Gasteiger partial charge in [0.05, 0.1) is 12.1 Å². The van der Waals surface area contributed by atoms with E-state index in [1.807, 2.05) is 6.92 Å². The average Bonchev–Trinajstić information content (AvgIpc) is 2.78. The Bertz CT molecular complexity index is 583. The summed E-state index contributed by atoms with van der Waals surface area (Å²) in [6, 6.07) is 6.52. The molecule has 0 radical (unpaired) electrons. The maximum atomic E-state index is 12.8. The van der Waals surface area contributed by atoms with Crippen molar-refractivity contribution in [2.24, 2.45) is 0 Å². The molecule has 0 spiro atoms. The first-order valence-electron chi connectivity index (χ1n) is 6.20. The molecule has 0 fully saturated rings. The lowest BCUT2D eigenvalue weighted by Crippen LogP contribution is -2.18. The van der Waals surface area contributed by atoms with E-state index in [0.717, 1.165) is 12.0 Å². The van der Waals surface area contributed by atoms with Gasteiger partial charge in [-0.05, 0) is 31.0 Å². The van der Waals surface area contributed by atoms with E-state index in [0.29, 0.717) is 10.8 Å². The van der Waals surface area contributed by atoms with Crippen LogP contribution in [0.1, 0.15) is 18.2 Å². The molecule has 0 amide bonds. The lowest BCUT2D eigenvalue weighted by Gasteiger charge is -2.12. The minimum atomic E-state index is -0.888. The van der Waals surface area contributed by atoms with Crippen molar-refractivity contribution >= 4 is 22.4 Å². The zero-order valence-electron chi connectivity index (χ0n) is 11.0. The minimum Gasteiger partial charge on any atom is -0.481 e. The molecule has 1 unspecified atom stereocenters. The Morgan fingerprint density at radius 1 is 1.45 bits per heavy atom. The number of halogens is 1. The first-order valence-corrected chi connectivity index (χ1v) is 7.08. The number of anilines is 1. The van der Waals surface area contributed by atoms with Gasteiger partial charge in [0.1, 0.15) is 5.82 Å². The molecular formula is C14H15FN2O2S. The van der Waals surface area contributed by atoms with Crippen LogP contribution >= 0.6 is 11.3 Å². The van der Waals surface area contributed by atoms with Crippen LogP contribution in [0.4, 0.5) is 9.52 Å². The second kappa shape index (κ2) is 6.47. The molecule has 2 aromatic rings. The molecule has 1 atom stereocenters. The molecule has 0 aliphatic heterocycles. The monoisotopic (exact) mass is 294 g/mol. The fourth-order valence-corrected chi connectivity index (χ4v) is 2.67. The van der Waals surface area contributed by atoms with Crippen LogP contribution in [-0.4, -0.2) is 22.1 Å². The molecule has 6 heteroatoms. The zero-order valence-corrected chi connectivity index (χ0v) is 11.8. The molecule has 2 N–H and O–H groups in total. The van der Waals surface area contributed by atoms with Gasteiger partial charge in [-0.25, -0.2) is 9.37 Å². The predicted molar refractivity (Wildman–Crippen MR) is 76.6 cm³/mol. The number of nitrogens with zero attached hydrogens (tertiary/aromatic N) is 1. The third kappa shape index (κ3) is 4.31. The predicted octanol–water partition coefficient (Wildman–Crippen LogP) is 2.95. The van der Waals surface area contributed by atoms with Crippen molar-refractivity contribution in [2.75, 3.05) is 5.32 Å². The van der Waals surface area contributed by atoms with E-state index in [9.17, 15) is 9.18 Å². The molecule has 1 aromatic heterocycles. The highest BCUT2D eigenvalue weighted by Gasteiger charge is 2.09. The maximum Gasteiger partial charge on any atom is 0.309 e. The van der Waals surface area contributed by atoms with Crippen LogP contribution in [0.25, 0.3) is 0 Å². The third-order valence-corrected chi connectivity index (χ3v) is 3.53. The van der Waals surface area contributed by atoms with Gasteiger partial charge in [0.15, 0.2) is 5.13 Å². The van der Waals surface area contributed by atoms with E-state index >= 15 is 0 Å². The van der Waals surface area contributed by atoms with Crippen LogP contribution < -0.4 is 5.32 Å². The van der Waals surface area contributed by atoms with Gasteiger partial charge in [-0.1, -0.05) is 12.1 Å². The maximum absolute atomic E-state index is 12.8. The number of benzene rings is 1. The number of nitrogens with one attached hydrogen (secondary N) is 1. The van der Waals surface area contributed by atoms with E-state index in [2.05, 4.69) is 10.3 Å². The molecular weight excluding hydrogens is 279 g/mol. The summed E-state index contributed by atoms with van der Waals surface area (Å²) in [5.41, 5.74) is 1.59.